The standard InChI is InChI=1S/C10H12N4O4S2/c11-8(19)5-13-9(15)10(16)14-6-1-3-7(4-2-6)20(12,17)18/h1-4H,5H2,(H2,11,19)(H,13,15)(H,14,16)(H2,12,17,18). The van der Waals surface area contributed by atoms with Gasteiger partial charge in [0.05, 0.1) is 16.4 Å². The molecular weight excluding hydrogens is 304 g/mol. The predicted octanol–water partition coefficient (Wildman–Crippen LogP) is -1.33. The molecule has 10 heteroatoms. The van der Waals surface area contributed by atoms with E-state index in [1.54, 1.807) is 0 Å². The van der Waals surface area contributed by atoms with Gasteiger partial charge in [0.2, 0.25) is 10.0 Å². The summed E-state index contributed by atoms with van der Waals surface area (Å²) in [5.74, 6) is -1.84. The Bertz CT molecular complexity index is 640. The molecule has 0 saturated heterocycles. The number of carbonyl (C=O) groups excluding carboxylic acids is 2. The van der Waals surface area contributed by atoms with Crippen molar-refractivity contribution in [2.24, 2.45) is 10.9 Å². The summed E-state index contributed by atoms with van der Waals surface area (Å²) in [4.78, 5) is 22.7. The molecule has 0 heterocycles. The van der Waals surface area contributed by atoms with Gasteiger partial charge in [-0.25, -0.2) is 13.6 Å². The van der Waals surface area contributed by atoms with E-state index in [0.717, 1.165) is 0 Å². The average molecular weight is 316 g/mol. The molecule has 0 bridgehead atoms. The first-order valence-electron chi connectivity index (χ1n) is 5.20. The Hall–Kier alpha value is -2.04. The zero-order valence-corrected chi connectivity index (χ0v) is 11.8. The number of carbonyl (C=O) groups is 2. The number of hydrogen-bond acceptors (Lipinski definition) is 5. The third-order valence-electron chi connectivity index (χ3n) is 2.07. The van der Waals surface area contributed by atoms with Crippen molar-refractivity contribution in [3.8, 4) is 0 Å². The summed E-state index contributed by atoms with van der Waals surface area (Å²) in [5, 5.41) is 9.40. The highest BCUT2D eigenvalue weighted by Gasteiger charge is 2.14. The molecule has 0 aliphatic carbocycles. The quantitative estimate of drug-likeness (QED) is 0.400. The van der Waals surface area contributed by atoms with Crippen molar-refractivity contribution in [1.29, 1.82) is 0 Å². The van der Waals surface area contributed by atoms with Crippen LogP contribution in [0.2, 0.25) is 0 Å². The lowest BCUT2D eigenvalue weighted by Crippen LogP contribution is -2.39. The zero-order chi connectivity index (χ0) is 15.3. The average Bonchev–Trinajstić information content (AvgIpc) is 2.35. The molecule has 1 rings (SSSR count). The number of primary sulfonamides is 1. The number of nitrogens with two attached hydrogens (primary N) is 2. The molecule has 0 saturated carbocycles. The molecule has 6 N–H and O–H groups in total. The van der Waals surface area contributed by atoms with E-state index in [-0.39, 0.29) is 22.1 Å². The van der Waals surface area contributed by atoms with Crippen molar-refractivity contribution in [3.05, 3.63) is 24.3 Å². The molecule has 1 aromatic rings. The van der Waals surface area contributed by atoms with E-state index in [4.69, 9.17) is 10.9 Å². The van der Waals surface area contributed by atoms with Gasteiger partial charge in [-0.05, 0) is 24.3 Å². The van der Waals surface area contributed by atoms with Gasteiger partial charge in [0.1, 0.15) is 0 Å². The molecular formula is C10H12N4O4S2. The Balaban J connectivity index is 2.67. The monoisotopic (exact) mass is 316 g/mol. The lowest BCUT2D eigenvalue weighted by atomic mass is 10.3. The normalized spacial score (nSPS) is 10.7. The number of rotatable bonds is 4. The van der Waals surface area contributed by atoms with Crippen molar-refractivity contribution in [1.82, 2.24) is 5.32 Å². The highest BCUT2D eigenvalue weighted by Crippen LogP contribution is 2.12. The second kappa shape index (κ2) is 6.41. The lowest BCUT2D eigenvalue weighted by Gasteiger charge is -2.06. The minimum Gasteiger partial charge on any atom is -0.392 e. The highest BCUT2D eigenvalue weighted by atomic mass is 32.2. The molecule has 0 fully saturated rings. The van der Waals surface area contributed by atoms with Crippen molar-refractivity contribution in [2.45, 2.75) is 4.90 Å². The van der Waals surface area contributed by atoms with Crippen LogP contribution in [0.5, 0.6) is 0 Å². The van der Waals surface area contributed by atoms with Crippen molar-refractivity contribution < 1.29 is 18.0 Å². The Morgan fingerprint density at radius 3 is 2.15 bits per heavy atom. The summed E-state index contributed by atoms with van der Waals surface area (Å²) in [6.45, 7) is -0.0913. The van der Waals surface area contributed by atoms with Crippen LogP contribution in [0.3, 0.4) is 0 Å². The first-order chi connectivity index (χ1) is 9.20. The van der Waals surface area contributed by atoms with E-state index in [0.29, 0.717) is 0 Å². The Morgan fingerprint density at radius 2 is 1.70 bits per heavy atom. The van der Waals surface area contributed by atoms with Gasteiger partial charge in [-0.15, -0.1) is 0 Å². The van der Waals surface area contributed by atoms with Gasteiger partial charge >= 0.3 is 11.8 Å². The van der Waals surface area contributed by atoms with Gasteiger partial charge in [0.25, 0.3) is 0 Å². The van der Waals surface area contributed by atoms with E-state index in [1.165, 1.54) is 24.3 Å². The summed E-state index contributed by atoms with van der Waals surface area (Å²) >= 11 is 4.54. The number of anilines is 1. The molecule has 0 aliphatic heterocycles. The van der Waals surface area contributed by atoms with Gasteiger partial charge in [-0.2, -0.15) is 0 Å². The van der Waals surface area contributed by atoms with Crippen LogP contribution >= 0.6 is 12.2 Å². The van der Waals surface area contributed by atoms with E-state index < -0.39 is 21.8 Å². The van der Waals surface area contributed by atoms with Crippen LogP contribution < -0.4 is 21.5 Å². The molecule has 0 unspecified atom stereocenters. The second-order valence-electron chi connectivity index (χ2n) is 3.67. The number of benzene rings is 1. The fraction of sp³-hybridized carbons (Fsp3) is 0.100. The van der Waals surface area contributed by atoms with Crippen molar-refractivity contribution in [3.63, 3.8) is 0 Å². The van der Waals surface area contributed by atoms with Gasteiger partial charge in [-0.3, -0.25) is 9.59 Å². The van der Waals surface area contributed by atoms with Gasteiger partial charge in [0.15, 0.2) is 0 Å². The van der Waals surface area contributed by atoms with Crippen molar-refractivity contribution >= 4 is 44.7 Å². The Morgan fingerprint density at radius 1 is 1.15 bits per heavy atom. The largest absolute Gasteiger partial charge is 0.392 e. The van der Waals surface area contributed by atoms with Crippen LogP contribution in [-0.2, 0) is 19.6 Å². The number of thiocarbonyl (C=S) groups is 1. The van der Waals surface area contributed by atoms with Gasteiger partial charge < -0.3 is 16.4 Å². The van der Waals surface area contributed by atoms with Crippen LogP contribution in [0, 0.1) is 0 Å². The van der Waals surface area contributed by atoms with Crippen LogP contribution in [-0.4, -0.2) is 31.8 Å². The molecule has 2 amide bonds. The van der Waals surface area contributed by atoms with E-state index in [2.05, 4.69) is 22.9 Å². The smallest absolute Gasteiger partial charge is 0.313 e. The summed E-state index contributed by atoms with van der Waals surface area (Å²) < 4.78 is 22.1. The maximum atomic E-state index is 11.5. The summed E-state index contributed by atoms with van der Waals surface area (Å²) in [5.41, 5.74) is 5.41. The number of amides is 2. The number of hydrogen-bond donors (Lipinski definition) is 4. The molecule has 0 spiro atoms. The summed E-state index contributed by atoms with van der Waals surface area (Å²) in [6, 6.07) is 5.02. The first kappa shape index (κ1) is 16.0. The summed E-state index contributed by atoms with van der Waals surface area (Å²) in [6.07, 6.45) is 0. The van der Waals surface area contributed by atoms with Crippen LogP contribution in [0.25, 0.3) is 0 Å². The van der Waals surface area contributed by atoms with E-state index in [1.807, 2.05) is 0 Å². The topological polar surface area (TPSA) is 144 Å². The molecule has 1 aromatic carbocycles. The predicted molar refractivity (Wildman–Crippen MR) is 76.2 cm³/mol. The molecule has 0 aliphatic rings. The fourth-order valence-electron chi connectivity index (χ4n) is 1.16. The van der Waals surface area contributed by atoms with Crippen molar-refractivity contribution in [2.75, 3.05) is 11.9 Å². The maximum Gasteiger partial charge on any atom is 0.313 e. The Labute approximate surface area is 120 Å². The zero-order valence-electron chi connectivity index (χ0n) is 10.1. The fourth-order valence-corrected chi connectivity index (χ4v) is 1.75. The summed E-state index contributed by atoms with van der Waals surface area (Å²) in [7, 11) is -3.80. The van der Waals surface area contributed by atoms with Gasteiger partial charge in [0, 0.05) is 5.69 Å². The SMILES string of the molecule is NC(=S)CNC(=O)C(=O)Nc1ccc(S(N)(=O)=O)cc1. The third kappa shape index (κ3) is 4.91. The molecule has 0 atom stereocenters. The molecule has 0 aromatic heterocycles. The number of sulfonamides is 1. The van der Waals surface area contributed by atoms with Crippen LogP contribution in [0.1, 0.15) is 0 Å². The lowest BCUT2D eigenvalue weighted by molar-refractivity contribution is -0.135. The first-order valence-corrected chi connectivity index (χ1v) is 7.16. The third-order valence-corrected chi connectivity index (χ3v) is 3.14. The van der Waals surface area contributed by atoms with E-state index in [9.17, 15) is 18.0 Å². The molecule has 8 nitrogen and oxygen atoms in total. The van der Waals surface area contributed by atoms with E-state index >= 15 is 0 Å². The highest BCUT2D eigenvalue weighted by molar-refractivity contribution is 7.89. The van der Waals surface area contributed by atoms with Crippen LogP contribution in [0.15, 0.2) is 29.2 Å². The minimum absolute atomic E-state index is 0.0451. The minimum atomic E-state index is -3.80. The number of nitrogens with one attached hydrogen (secondary N) is 2. The second-order valence-corrected chi connectivity index (χ2v) is 5.76. The molecule has 20 heavy (non-hydrogen) atoms. The maximum absolute atomic E-state index is 11.5. The molecule has 108 valence electrons. The Kier molecular flexibility index (Phi) is 5.13. The molecule has 0 radical (unpaired) electrons. The van der Waals surface area contributed by atoms with Crippen LogP contribution in [0.4, 0.5) is 5.69 Å². The van der Waals surface area contributed by atoms with Gasteiger partial charge in [-0.1, -0.05) is 12.2 Å².